The predicted octanol–water partition coefficient (Wildman–Crippen LogP) is 4.47. The second-order valence-corrected chi connectivity index (χ2v) is 5.94. The Balaban J connectivity index is 1.95. The zero-order valence-corrected chi connectivity index (χ0v) is 13.0. The normalized spacial score (nSPS) is 14.0. The van der Waals surface area contributed by atoms with Crippen LogP contribution in [0.2, 0.25) is 5.15 Å². The molecule has 0 radical (unpaired) electrons. The maximum Gasteiger partial charge on any atom is 0.312 e. The second kappa shape index (κ2) is 5.57. The van der Waals surface area contributed by atoms with Gasteiger partial charge in [0.1, 0.15) is 11.0 Å². The van der Waals surface area contributed by atoms with Crippen LogP contribution in [0.4, 0.5) is 5.69 Å². The Morgan fingerprint density at radius 2 is 2.10 bits per heavy atom. The Labute approximate surface area is 133 Å². The lowest BCUT2D eigenvalue weighted by molar-refractivity contribution is -0.385. The molecule has 1 aromatic carbocycles. The number of nitro groups is 1. The molecule has 0 spiro atoms. The van der Waals surface area contributed by atoms with Crippen molar-refractivity contribution >= 4 is 33.2 Å². The molecule has 0 atom stereocenters. The average molecular weight is 371 g/mol. The highest BCUT2D eigenvalue weighted by molar-refractivity contribution is 9.10. The maximum absolute atomic E-state index is 11.1. The molecule has 108 valence electrons. The summed E-state index contributed by atoms with van der Waals surface area (Å²) in [5, 5.41) is 11.3. The zero-order chi connectivity index (χ0) is 15.0. The molecular weight excluding hydrogens is 362 g/mol. The molecule has 3 rings (SSSR count). The van der Waals surface area contributed by atoms with Crippen LogP contribution in [0, 0.1) is 10.1 Å². The minimum atomic E-state index is -0.509. The molecule has 0 N–H and O–H groups in total. The maximum atomic E-state index is 11.1. The Morgan fingerprint density at radius 1 is 1.33 bits per heavy atom. The first kappa shape index (κ1) is 14.2. The molecule has 0 aliphatic heterocycles. The second-order valence-electron chi connectivity index (χ2n) is 4.63. The van der Waals surface area contributed by atoms with E-state index in [2.05, 4.69) is 25.9 Å². The zero-order valence-electron chi connectivity index (χ0n) is 10.6. The molecule has 1 aromatic heterocycles. The van der Waals surface area contributed by atoms with Crippen molar-refractivity contribution in [1.82, 2.24) is 9.97 Å². The summed E-state index contributed by atoms with van der Waals surface area (Å²) in [4.78, 5) is 19.0. The summed E-state index contributed by atoms with van der Waals surface area (Å²) < 4.78 is 6.13. The first-order valence-corrected chi connectivity index (χ1v) is 7.36. The Bertz CT molecular complexity index is 722. The first-order chi connectivity index (χ1) is 10.0. The van der Waals surface area contributed by atoms with Crippen molar-refractivity contribution in [1.29, 1.82) is 0 Å². The third-order valence-electron chi connectivity index (χ3n) is 2.96. The molecule has 0 bridgehead atoms. The van der Waals surface area contributed by atoms with E-state index in [4.69, 9.17) is 16.3 Å². The standard InChI is InChI=1S/C13H9BrClN3O3/c14-8-3-4-10(9(5-8)18(19)20)21-12-6-11(15)16-13(17-12)7-1-2-7/h3-7H,1-2H2. The van der Waals surface area contributed by atoms with E-state index < -0.39 is 4.92 Å². The third kappa shape index (κ3) is 3.30. The highest BCUT2D eigenvalue weighted by Crippen LogP contribution is 2.40. The largest absolute Gasteiger partial charge is 0.432 e. The number of halogens is 2. The predicted molar refractivity (Wildman–Crippen MR) is 79.9 cm³/mol. The van der Waals surface area contributed by atoms with Crippen LogP contribution >= 0.6 is 27.5 Å². The molecule has 1 aliphatic carbocycles. The van der Waals surface area contributed by atoms with Gasteiger partial charge >= 0.3 is 5.69 Å². The van der Waals surface area contributed by atoms with Crippen LogP contribution < -0.4 is 4.74 Å². The lowest BCUT2D eigenvalue weighted by Gasteiger charge is -2.07. The van der Waals surface area contributed by atoms with Gasteiger partial charge in [-0.1, -0.05) is 27.5 Å². The molecule has 1 saturated carbocycles. The molecule has 1 fully saturated rings. The van der Waals surface area contributed by atoms with Gasteiger partial charge in [0.15, 0.2) is 0 Å². The van der Waals surface area contributed by atoms with E-state index in [9.17, 15) is 10.1 Å². The van der Waals surface area contributed by atoms with Crippen molar-refractivity contribution in [3.05, 3.63) is 49.8 Å². The Morgan fingerprint density at radius 3 is 2.76 bits per heavy atom. The van der Waals surface area contributed by atoms with Gasteiger partial charge in [-0.15, -0.1) is 0 Å². The molecule has 0 amide bonds. The minimum absolute atomic E-state index is 0.111. The van der Waals surface area contributed by atoms with Gasteiger partial charge in [-0.3, -0.25) is 10.1 Å². The lowest BCUT2D eigenvalue weighted by Crippen LogP contribution is -1.98. The molecule has 6 nitrogen and oxygen atoms in total. The number of benzene rings is 1. The highest BCUT2D eigenvalue weighted by atomic mass is 79.9. The van der Waals surface area contributed by atoms with Crippen molar-refractivity contribution in [3.63, 3.8) is 0 Å². The van der Waals surface area contributed by atoms with Gasteiger partial charge in [-0.05, 0) is 25.0 Å². The summed E-state index contributed by atoms with van der Waals surface area (Å²) in [7, 11) is 0. The SMILES string of the molecule is O=[N+]([O-])c1cc(Br)ccc1Oc1cc(Cl)nc(C2CC2)n1. The Kier molecular flexibility index (Phi) is 3.77. The number of ether oxygens (including phenoxy) is 1. The molecule has 1 aliphatic rings. The van der Waals surface area contributed by atoms with Crippen molar-refractivity contribution in [3.8, 4) is 11.6 Å². The number of rotatable bonds is 4. The number of aromatic nitrogens is 2. The number of hydrogen-bond donors (Lipinski definition) is 0. The summed E-state index contributed by atoms with van der Waals surface area (Å²) in [6, 6.07) is 5.99. The average Bonchev–Trinajstić information content (AvgIpc) is 3.24. The molecule has 0 unspecified atom stereocenters. The van der Waals surface area contributed by atoms with Crippen LogP contribution in [-0.4, -0.2) is 14.9 Å². The third-order valence-corrected chi connectivity index (χ3v) is 3.65. The van der Waals surface area contributed by atoms with E-state index in [-0.39, 0.29) is 22.5 Å². The smallest absolute Gasteiger partial charge is 0.312 e. The lowest BCUT2D eigenvalue weighted by atomic mass is 10.3. The van der Waals surface area contributed by atoms with E-state index in [1.54, 1.807) is 6.07 Å². The van der Waals surface area contributed by atoms with Crippen LogP contribution in [-0.2, 0) is 0 Å². The summed E-state index contributed by atoms with van der Waals surface area (Å²) in [6.45, 7) is 0. The van der Waals surface area contributed by atoms with Gasteiger partial charge in [0.05, 0.1) is 4.92 Å². The fraction of sp³-hybridized carbons (Fsp3) is 0.231. The van der Waals surface area contributed by atoms with Crippen LogP contribution in [0.25, 0.3) is 0 Å². The Hall–Kier alpha value is -1.73. The van der Waals surface area contributed by atoms with E-state index in [0.717, 1.165) is 12.8 Å². The van der Waals surface area contributed by atoms with Gasteiger partial charge in [0.2, 0.25) is 11.6 Å². The van der Waals surface area contributed by atoms with Gasteiger partial charge in [-0.25, -0.2) is 4.98 Å². The van der Waals surface area contributed by atoms with Crippen molar-refractivity contribution < 1.29 is 9.66 Å². The van der Waals surface area contributed by atoms with Crippen molar-refractivity contribution in [2.24, 2.45) is 0 Å². The van der Waals surface area contributed by atoms with Gasteiger partial charge < -0.3 is 4.74 Å². The summed E-state index contributed by atoms with van der Waals surface area (Å²) in [6.07, 6.45) is 2.05. The minimum Gasteiger partial charge on any atom is -0.432 e. The highest BCUT2D eigenvalue weighted by Gasteiger charge is 2.28. The van der Waals surface area contributed by atoms with Gasteiger partial charge in [0.25, 0.3) is 0 Å². The van der Waals surface area contributed by atoms with Crippen LogP contribution in [0.1, 0.15) is 24.6 Å². The molecule has 1 heterocycles. The number of nitro benzene ring substituents is 1. The molecule has 2 aromatic rings. The summed E-state index contributed by atoms with van der Waals surface area (Å²) in [5.41, 5.74) is -0.146. The van der Waals surface area contributed by atoms with Gasteiger partial charge in [-0.2, -0.15) is 4.98 Å². The topological polar surface area (TPSA) is 78.2 Å². The van der Waals surface area contributed by atoms with Crippen molar-refractivity contribution in [2.75, 3.05) is 0 Å². The van der Waals surface area contributed by atoms with Crippen LogP contribution in [0.15, 0.2) is 28.7 Å². The quantitative estimate of drug-likeness (QED) is 0.451. The summed E-state index contributed by atoms with van der Waals surface area (Å²) in [5.74, 6) is 1.25. The molecule has 21 heavy (non-hydrogen) atoms. The van der Waals surface area contributed by atoms with Crippen LogP contribution in [0.3, 0.4) is 0 Å². The van der Waals surface area contributed by atoms with Crippen molar-refractivity contribution in [2.45, 2.75) is 18.8 Å². The fourth-order valence-corrected chi connectivity index (χ4v) is 2.35. The van der Waals surface area contributed by atoms with Crippen LogP contribution in [0.5, 0.6) is 11.6 Å². The van der Waals surface area contributed by atoms with E-state index >= 15 is 0 Å². The van der Waals surface area contributed by atoms with E-state index in [0.29, 0.717) is 16.2 Å². The fourth-order valence-electron chi connectivity index (χ4n) is 1.82. The summed E-state index contributed by atoms with van der Waals surface area (Å²) >= 11 is 9.14. The number of hydrogen-bond acceptors (Lipinski definition) is 5. The first-order valence-electron chi connectivity index (χ1n) is 6.19. The van der Waals surface area contributed by atoms with E-state index in [1.165, 1.54) is 18.2 Å². The van der Waals surface area contributed by atoms with E-state index in [1.807, 2.05) is 0 Å². The molecule has 8 heteroatoms. The molecule has 0 saturated heterocycles. The number of nitrogens with zero attached hydrogens (tertiary/aromatic N) is 3. The van der Waals surface area contributed by atoms with Gasteiger partial charge in [0, 0.05) is 22.5 Å². The molecular formula is C13H9BrClN3O3. The monoisotopic (exact) mass is 369 g/mol.